The first-order valence-corrected chi connectivity index (χ1v) is 6.70. The Morgan fingerprint density at radius 1 is 1.12 bits per heavy atom. The molecule has 0 heterocycles. The van der Waals surface area contributed by atoms with Gasteiger partial charge in [0.25, 0.3) is 0 Å². The van der Waals surface area contributed by atoms with Gasteiger partial charge in [0.15, 0.2) is 0 Å². The lowest BCUT2D eigenvalue weighted by Crippen LogP contribution is -2.45. The van der Waals surface area contributed by atoms with Crippen molar-refractivity contribution in [2.24, 2.45) is 17.1 Å². The second-order valence-electron chi connectivity index (χ2n) is 6.75. The Balaban J connectivity index is 2.21. The maximum Gasteiger partial charge on any atom is 0.0489 e. The van der Waals surface area contributed by atoms with Gasteiger partial charge in [0.1, 0.15) is 0 Å². The highest BCUT2D eigenvalue weighted by Gasteiger charge is 2.34. The van der Waals surface area contributed by atoms with E-state index in [1.165, 1.54) is 12.8 Å². The van der Waals surface area contributed by atoms with Crippen LogP contribution in [0, 0.1) is 11.3 Å². The van der Waals surface area contributed by atoms with E-state index in [0.29, 0.717) is 11.3 Å². The van der Waals surface area contributed by atoms with E-state index >= 15 is 0 Å². The zero-order valence-electron chi connectivity index (χ0n) is 11.5. The molecule has 16 heavy (non-hydrogen) atoms. The van der Waals surface area contributed by atoms with Crippen LogP contribution in [-0.2, 0) is 4.74 Å². The van der Waals surface area contributed by atoms with Crippen LogP contribution in [0.1, 0.15) is 59.8 Å². The number of hydrogen-bond acceptors (Lipinski definition) is 2. The minimum Gasteiger partial charge on any atom is -0.381 e. The average molecular weight is 227 g/mol. The Kier molecular flexibility index (Phi) is 4.81. The molecule has 0 aliphatic heterocycles. The quantitative estimate of drug-likeness (QED) is 0.731. The Morgan fingerprint density at radius 2 is 1.69 bits per heavy atom. The van der Waals surface area contributed by atoms with Crippen molar-refractivity contribution in [2.45, 2.75) is 65.3 Å². The van der Waals surface area contributed by atoms with Gasteiger partial charge in [-0.3, -0.25) is 0 Å². The third-order valence-corrected chi connectivity index (χ3v) is 3.79. The monoisotopic (exact) mass is 227 g/mol. The van der Waals surface area contributed by atoms with Gasteiger partial charge in [-0.1, -0.05) is 27.7 Å². The summed E-state index contributed by atoms with van der Waals surface area (Å²) in [6, 6.07) is 0. The first kappa shape index (κ1) is 14.0. The first-order valence-electron chi connectivity index (χ1n) is 6.70. The molecule has 2 N–H and O–H groups in total. The second-order valence-corrected chi connectivity index (χ2v) is 6.75. The van der Waals surface area contributed by atoms with Crippen molar-refractivity contribution in [3.63, 3.8) is 0 Å². The van der Waals surface area contributed by atoms with Gasteiger partial charge in [-0.2, -0.15) is 0 Å². The summed E-state index contributed by atoms with van der Waals surface area (Å²) in [6.45, 7) is 10.8. The van der Waals surface area contributed by atoms with Crippen LogP contribution in [0.2, 0.25) is 0 Å². The zero-order valence-corrected chi connectivity index (χ0v) is 11.5. The summed E-state index contributed by atoms with van der Waals surface area (Å²) in [4.78, 5) is 0. The van der Waals surface area contributed by atoms with E-state index in [-0.39, 0.29) is 5.54 Å². The van der Waals surface area contributed by atoms with Crippen LogP contribution >= 0.6 is 0 Å². The van der Waals surface area contributed by atoms with Gasteiger partial charge in [-0.15, -0.1) is 0 Å². The van der Waals surface area contributed by atoms with Crippen molar-refractivity contribution in [1.82, 2.24) is 0 Å². The van der Waals surface area contributed by atoms with E-state index < -0.39 is 0 Å². The number of rotatable bonds is 5. The molecule has 96 valence electrons. The third-order valence-electron chi connectivity index (χ3n) is 3.79. The fourth-order valence-corrected chi connectivity index (χ4v) is 2.27. The van der Waals surface area contributed by atoms with Crippen LogP contribution in [0.5, 0.6) is 0 Å². The van der Waals surface area contributed by atoms with Crippen molar-refractivity contribution >= 4 is 0 Å². The predicted octanol–water partition coefficient (Wildman–Crippen LogP) is 3.35. The standard InChI is InChI=1S/C14H29NO/c1-12(2)11-16-10-9-14(15)7-5-13(3,4)6-8-14/h12H,5-11,15H2,1-4H3. The van der Waals surface area contributed by atoms with Gasteiger partial charge >= 0.3 is 0 Å². The molecule has 2 nitrogen and oxygen atoms in total. The minimum atomic E-state index is 0.0481. The Morgan fingerprint density at radius 3 is 2.19 bits per heavy atom. The minimum absolute atomic E-state index is 0.0481. The summed E-state index contributed by atoms with van der Waals surface area (Å²) in [6.07, 6.45) is 5.85. The van der Waals surface area contributed by atoms with Crippen molar-refractivity contribution in [1.29, 1.82) is 0 Å². The zero-order chi connectivity index (χ0) is 12.2. The summed E-state index contributed by atoms with van der Waals surface area (Å²) in [7, 11) is 0. The van der Waals surface area contributed by atoms with Gasteiger partial charge in [0, 0.05) is 18.8 Å². The molecule has 0 spiro atoms. The van der Waals surface area contributed by atoms with Crippen LogP contribution in [-0.4, -0.2) is 18.8 Å². The average Bonchev–Trinajstić information content (AvgIpc) is 2.18. The summed E-state index contributed by atoms with van der Waals surface area (Å²) < 4.78 is 5.63. The largest absolute Gasteiger partial charge is 0.381 e. The first-order chi connectivity index (χ1) is 7.33. The lowest BCUT2D eigenvalue weighted by molar-refractivity contribution is 0.0740. The lowest BCUT2D eigenvalue weighted by atomic mass is 9.69. The van der Waals surface area contributed by atoms with Gasteiger partial charge < -0.3 is 10.5 Å². The Hall–Kier alpha value is -0.0800. The Labute approximate surface area is 101 Å². The van der Waals surface area contributed by atoms with E-state index in [0.717, 1.165) is 32.5 Å². The highest BCUT2D eigenvalue weighted by molar-refractivity contribution is 4.92. The molecule has 1 aliphatic carbocycles. The Bertz CT molecular complexity index is 201. The normalized spacial score (nSPS) is 23.6. The van der Waals surface area contributed by atoms with Gasteiger partial charge in [0.2, 0.25) is 0 Å². The molecule has 0 amide bonds. The molecule has 0 aromatic carbocycles. The predicted molar refractivity (Wildman–Crippen MR) is 69.4 cm³/mol. The highest BCUT2D eigenvalue weighted by Crippen LogP contribution is 2.40. The molecular formula is C14H29NO. The van der Waals surface area contributed by atoms with Crippen LogP contribution in [0.4, 0.5) is 0 Å². The lowest BCUT2D eigenvalue weighted by Gasteiger charge is -2.41. The van der Waals surface area contributed by atoms with E-state index in [2.05, 4.69) is 27.7 Å². The van der Waals surface area contributed by atoms with E-state index in [1.807, 2.05) is 0 Å². The SMILES string of the molecule is CC(C)COCCC1(N)CCC(C)(C)CC1. The maximum atomic E-state index is 6.42. The van der Waals surface area contributed by atoms with Crippen LogP contribution < -0.4 is 5.73 Å². The highest BCUT2D eigenvalue weighted by atomic mass is 16.5. The van der Waals surface area contributed by atoms with E-state index in [1.54, 1.807) is 0 Å². The molecule has 0 atom stereocenters. The molecule has 0 aromatic rings. The van der Waals surface area contributed by atoms with Gasteiger partial charge in [0.05, 0.1) is 0 Å². The smallest absolute Gasteiger partial charge is 0.0489 e. The molecule has 1 aliphatic rings. The van der Waals surface area contributed by atoms with Gasteiger partial charge in [-0.25, -0.2) is 0 Å². The third kappa shape index (κ3) is 4.84. The van der Waals surface area contributed by atoms with Crippen molar-refractivity contribution < 1.29 is 4.74 Å². The summed E-state index contributed by atoms with van der Waals surface area (Å²) in [5.41, 5.74) is 6.97. The molecule has 0 bridgehead atoms. The molecule has 1 saturated carbocycles. The van der Waals surface area contributed by atoms with Crippen LogP contribution in [0.25, 0.3) is 0 Å². The van der Waals surface area contributed by atoms with Crippen molar-refractivity contribution in [3.8, 4) is 0 Å². The number of nitrogens with two attached hydrogens (primary N) is 1. The molecule has 1 fully saturated rings. The number of ether oxygens (including phenoxy) is 1. The summed E-state index contributed by atoms with van der Waals surface area (Å²) in [5.74, 6) is 0.624. The second kappa shape index (κ2) is 5.50. The topological polar surface area (TPSA) is 35.2 Å². The van der Waals surface area contributed by atoms with E-state index in [4.69, 9.17) is 10.5 Å². The molecule has 2 heteroatoms. The molecule has 0 aromatic heterocycles. The maximum absolute atomic E-state index is 6.42. The molecular weight excluding hydrogens is 198 g/mol. The van der Waals surface area contributed by atoms with Crippen LogP contribution in [0.3, 0.4) is 0 Å². The van der Waals surface area contributed by atoms with Crippen LogP contribution in [0.15, 0.2) is 0 Å². The fraction of sp³-hybridized carbons (Fsp3) is 1.00. The molecule has 0 unspecified atom stereocenters. The number of hydrogen-bond donors (Lipinski definition) is 1. The fourth-order valence-electron chi connectivity index (χ4n) is 2.27. The molecule has 0 saturated heterocycles. The van der Waals surface area contributed by atoms with Crippen molar-refractivity contribution in [3.05, 3.63) is 0 Å². The van der Waals surface area contributed by atoms with Gasteiger partial charge in [-0.05, 0) is 43.4 Å². The van der Waals surface area contributed by atoms with E-state index in [9.17, 15) is 0 Å². The summed E-state index contributed by atoms with van der Waals surface area (Å²) >= 11 is 0. The van der Waals surface area contributed by atoms with Crippen molar-refractivity contribution in [2.75, 3.05) is 13.2 Å². The molecule has 0 radical (unpaired) electrons. The molecule has 1 rings (SSSR count). The summed E-state index contributed by atoms with van der Waals surface area (Å²) in [5, 5.41) is 0.